The van der Waals surface area contributed by atoms with Gasteiger partial charge in [0.1, 0.15) is 11.8 Å². The Kier molecular flexibility index (Phi) is 17.8. The van der Waals surface area contributed by atoms with Crippen molar-refractivity contribution in [2.24, 2.45) is 41.4 Å². The molecule has 0 aromatic carbocycles. The van der Waals surface area contributed by atoms with E-state index in [-0.39, 0.29) is 47.9 Å². The third-order valence-electron chi connectivity index (χ3n) is 16.3. The highest BCUT2D eigenvalue weighted by molar-refractivity contribution is 5.84. The Morgan fingerprint density at radius 1 is 0.841 bits per heavy atom. The van der Waals surface area contributed by atoms with Gasteiger partial charge in [0, 0.05) is 36.6 Å². The number of rotatable bonds is 19. The van der Waals surface area contributed by atoms with Crippen LogP contribution in [0.15, 0.2) is 12.2 Å². The van der Waals surface area contributed by atoms with Crippen molar-refractivity contribution < 1.29 is 53.4 Å². The van der Waals surface area contributed by atoms with E-state index in [0.29, 0.717) is 64.3 Å². The molecule has 0 aromatic heterocycles. The zero-order valence-corrected chi connectivity index (χ0v) is 40.7. The second kappa shape index (κ2) is 21.7. The SMILES string of the molecule is CCCCCCCNC(=O)N[C@@H]1C=C[C@]2(O[C@H](C(CC)C(=O)[C@@H](C)[C@@H](O)[C@H](C)[C@@H]3O[C@@H]([C@@H](CC)C(=O)O)CC[C@@H]3C)[C@@H](C)C[C@H]2C)O[C@@]12CC[C@@](C)([C@H]1CC[C@](O)(CC)[C@H](C)O1)O2. The van der Waals surface area contributed by atoms with Crippen LogP contribution < -0.4 is 10.6 Å². The molecular weight excluding hydrogens is 805 g/mol. The summed E-state index contributed by atoms with van der Waals surface area (Å²) in [4.78, 5) is 40.2. The van der Waals surface area contributed by atoms with E-state index in [4.69, 9.17) is 23.7 Å². The number of carbonyl (C=O) groups excluding carboxylic acids is 2. The summed E-state index contributed by atoms with van der Waals surface area (Å²) in [6.07, 6.45) is 12.1. The molecule has 2 amide bonds. The second-order valence-electron chi connectivity index (χ2n) is 20.8. The molecule has 4 fully saturated rings. The zero-order valence-electron chi connectivity index (χ0n) is 40.7. The van der Waals surface area contributed by atoms with Crippen molar-refractivity contribution in [1.29, 1.82) is 0 Å². The minimum absolute atomic E-state index is 0.0122. The van der Waals surface area contributed by atoms with Crippen LogP contribution in [-0.2, 0) is 33.3 Å². The molecule has 5 aliphatic heterocycles. The lowest BCUT2D eigenvalue weighted by atomic mass is 9.72. The Bertz CT molecular complexity index is 1560. The number of ether oxygens (including phenoxy) is 5. The fourth-order valence-electron chi connectivity index (χ4n) is 11.8. The normalized spacial score (nSPS) is 40.6. The minimum atomic E-state index is -1.32. The van der Waals surface area contributed by atoms with Gasteiger partial charge >= 0.3 is 12.0 Å². The number of Topliss-reactive ketones (excluding diaryl/α,β-unsaturated/α-hetero) is 1. The van der Waals surface area contributed by atoms with E-state index in [1.165, 1.54) is 6.42 Å². The number of nitrogens with one attached hydrogen (secondary N) is 2. The lowest BCUT2D eigenvalue weighted by Gasteiger charge is -2.55. The Hall–Kier alpha value is -2.13. The van der Waals surface area contributed by atoms with Crippen molar-refractivity contribution in [3.63, 3.8) is 0 Å². The van der Waals surface area contributed by atoms with Crippen LogP contribution in [0.3, 0.4) is 0 Å². The summed E-state index contributed by atoms with van der Waals surface area (Å²) in [5.74, 6) is -5.91. The average Bonchev–Trinajstić information content (AvgIpc) is 3.59. The van der Waals surface area contributed by atoms with Crippen molar-refractivity contribution in [2.45, 2.75) is 238 Å². The molecular formula is C50H86N2O11. The number of carbonyl (C=O) groups is 3. The first-order valence-electron chi connectivity index (χ1n) is 25.0. The highest BCUT2D eigenvalue weighted by Crippen LogP contribution is 2.54. The van der Waals surface area contributed by atoms with Gasteiger partial charge in [-0.05, 0) is 96.0 Å². The third-order valence-corrected chi connectivity index (χ3v) is 16.3. The van der Waals surface area contributed by atoms with Crippen LogP contribution in [-0.4, -0.2) is 105 Å². The first kappa shape index (κ1) is 51.8. The number of hydrogen-bond donors (Lipinski definition) is 5. The number of carboxylic acid groups (broad SMARTS) is 1. The quantitative estimate of drug-likeness (QED) is 0.0620. The van der Waals surface area contributed by atoms with E-state index in [2.05, 4.69) is 38.3 Å². The monoisotopic (exact) mass is 891 g/mol. The van der Waals surface area contributed by atoms with E-state index < -0.39 is 76.8 Å². The molecule has 63 heavy (non-hydrogen) atoms. The molecule has 13 heteroatoms. The van der Waals surface area contributed by atoms with Crippen molar-refractivity contribution in [1.82, 2.24) is 10.6 Å². The van der Waals surface area contributed by atoms with E-state index in [0.717, 1.165) is 32.1 Å². The molecule has 362 valence electrons. The topological polar surface area (TPSA) is 182 Å². The van der Waals surface area contributed by atoms with Gasteiger partial charge in [0.15, 0.2) is 11.6 Å². The molecule has 5 N–H and O–H groups in total. The molecule has 0 aromatic rings. The van der Waals surface area contributed by atoms with Crippen LogP contribution in [0, 0.1) is 41.4 Å². The maximum absolute atomic E-state index is 14.7. The van der Waals surface area contributed by atoms with Gasteiger partial charge in [0.05, 0.1) is 53.7 Å². The molecule has 2 spiro atoms. The minimum Gasteiger partial charge on any atom is -0.481 e. The fourth-order valence-corrected chi connectivity index (χ4v) is 11.8. The molecule has 4 saturated heterocycles. The molecule has 0 saturated carbocycles. The maximum atomic E-state index is 14.7. The molecule has 0 aliphatic carbocycles. The van der Waals surface area contributed by atoms with Crippen molar-refractivity contribution in [2.75, 3.05) is 6.54 Å². The number of aliphatic carboxylic acids is 1. The summed E-state index contributed by atoms with van der Waals surface area (Å²) < 4.78 is 34.6. The lowest BCUT2D eigenvalue weighted by Crippen LogP contribution is -2.66. The van der Waals surface area contributed by atoms with Crippen LogP contribution in [0.25, 0.3) is 0 Å². The third kappa shape index (κ3) is 11.2. The van der Waals surface area contributed by atoms with E-state index in [9.17, 15) is 29.7 Å². The Morgan fingerprint density at radius 2 is 1.54 bits per heavy atom. The number of amides is 2. The Balaban J connectivity index is 1.37. The van der Waals surface area contributed by atoms with Gasteiger partial charge in [-0.2, -0.15) is 0 Å². The van der Waals surface area contributed by atoms with Gasteiger partial charge in [-0.3, -0.25) is 9.59 Å². The van der Waals surface area contributed by atoms with Crippen molar-refractivity contribution in [3.8, 4) is 0 Å². The molecule has 1 unspecified atom stereocenters. The zero-order chi connectivity index (χ0) is 46.5. The number of urea groups is 1. The van der Waals surface area contributed by atoms with Gasteiger partial charge in [0.25, 0.3) is 0 Å². The number of hydrogen-bond acceptors (Lipinski definition) is 10. The largest absolute Gasteiger partial charge is 0.481 e. The van der Waals surface area contributed by atoms with Crippen molar-refractivity contribution in [3.05, 3.63) is 12.2 Å². The smallest absolute Gasteiger partial charge is 0.315 e. The summed E-state index contributed by atoms with van der Waals surface area (Å²) in [6, 6.07) is -0.954. The summed E-state index contributed by atoms with van der Waals surface area (Å²) in [6.45, 7) is 22.5. The summed E-state index contributed by atoms with van der Waals surface area (Å²) in [5.41, 5.74) is -1.69. The maximum Gasteiger partial charge on any atom is 0.315 e. The van der Waals surface area contributed by atoms with E-state index in [1.54, 1.807) is 6.92 Å². The van der Waals surface area contributed by atoms with E-state index in [1.807, 2.05) is 53.7 Å². The molecule has 18 atom stereocenters. The molecule has 13 nitrogen and oxygen atoms in total. The number of unbranched alkanes of at least 4 members (excludes halogenated alkanes) is 4. The average molecular weight is 891 g/mol. The number of aliphatic hydroxyl groups excluding tert-OH is 1. The van der Waals surface area contributed by atoms with Crippen LogP contribution >= 0.6 is 0 Å². The van der Waals surface area contributed by atoms with E-state index >= 15 is 0 Å². The first-order valence-corrected chi connectivity index (χ1v) is 25.0. The summed E-state index contributed by atoms with van der Waals surface area (Å²) in [5, 5.41) is 39.2. The number of ketones is 1. The van der Waals surface area contributed by atoms with Gasteiger partial charge in [-0.25, -0.2) is 4.79 Å². The van der Waals surface area contributed by atoms with Gasteiger partial charge < -0.3 is 49.6 Å². The van der Waals surface area contributed by atoms with Crippen LogP contribution in [0.2, 0.25) is 0 Å². The predicted molar refractivity (Wildman–Crippen MR) is 242 cm³/mol. The molecule has 0 radical (unpaired) electrons. The molecule has 5 heterocycles. The second-order valence-corrected chi connectivity index (χ2v) is 20.8. The standard InChI is InChI=1S/C50H86N2O11/c1-12-16-17-18-19-28-51-46(57)52-39-22-25-49(63-50(39)27-26-47(11,62-50)40-23-24-48(58,15-4)35(10)59-40)32(7)29-31(6)44(61-49)37(14-3)42(54)33(8)41(53)34(9)43-30(5)20-21-38(60-43)36(13-2)45(55)56/h22,25,30-41,43-44,53,58H,12-21,23-24,26-29H2,1-11H3,(H,55,56)(H2,51,52,57)/t30-,31-,32+,33-,34-,35-,36+,37?,38+,39+,40+,41+,43+,44-,47-,48+,49-,50-/m0/s1. The van der Waals surface area contributed by atoms with Gasteiger partial charge in [-0.1, -0.05) is 94.1 Å². The summed E-state index contributed by atoms with van der Waals surface area (Å²) in [7, 11) is 0. The van der Waals surface area contributed by atoms with Crippen molar-refractivity contribution >= 4 is 17.8 Å². The molecule has 0 bridgehead atoms. The van der Waals surface area contributed by atoms with Crippen LogP contribution in [0.1, 0.15) is 172 Å². The first-order chi connectivity index (χ1) is 29.7. The Labute approximate surface area is 378 Å². The van der Waals surface area contributed by atoms with Gasteiger partial charge in [-0.15, -0.1) is 0 Å². The van der Waals surface area contributed by atoms with Crippen LogP contribution in [0.5, 0.6) is 0 Å². The number of aliphatic hydroxyl groups is 2. The summed E-state index contributed by atoms with van der Waals surface area (Å²) >= 11 is 0. The highest BCUT2D eigenvalue weighted by atomic mass is 16.8. The van der Waals surface area contributed by atoms with Gasteiger partial charge in [0.2, 0.25) is 0 Å². The predicted octanol–water partition coefficient (Wildman–Crippen LogP) is 8.47. The molecule has 5 rings (SSSR count). The van der Waals surface area contributed by atoms with Crippen LogP contribution in [0.4, 0.5) is 4.79 Å². The Morgan fingerprint density at radius 3 is 2.17 bits per heavy atom. The molecule has 5 aliphatic rings. The lowest BCUT2D eigenvalue weighted by molar-refractivity contribution is -0.397. The number of carboxylic acids is 1. The highest BCUT2D eigenvalue weighted by Gasteiger charge is 2.63. The fraction of sp³-hybridized carbons (Fsp3) is 0.900.